The molecule has 1 heterocycles. The first-order valence-corrected chi connectivity index (χ1v) is 5.82. The lowest BCUT2D eigenvalue weighted by molar-refractivity contribution is 0.0464. The maximum absolute atomic E-state index is 11.9. The zero-order valence-corrected chi connectivity index (χ0v) is 10.5. The Bertz CT molecular complexity index is 550. The van der Waals surface area contributed by atoms with Crippen LogP contribution in [0, 0.1) is 13.8 Å². The van der Waals surface area contributed by atoms with Gasteiger partial charge in [0.2, 0.25) is 0 Å². The first-order valence-electron chi connectivity index (χ1n) is 5.82. The van der Waals surface area contributed by atoms with E-state index < -0.39 is 0 Å². The summed E-state index contributed by atoms with van der Waals surface area (Å²) in [6.07, 6.45) is 0. The second kappa shape index (κ2) is 5.45. The van der Waals surface area contributed by atoms with Crippen LogP contribution in [0.3, 0.4) is 0 Å². The molecule has 0 aliphatic rings. The van der Waals surface area contributed by atoms with E-state index in [2.05, 4.69) is 4.98 Å². The van der Waals surface area contributed by atoms with Gasteiger partial charge in [0.05, 0.1) is 0 Å². The van der Waals surface area contributed by atoms with Gasteiger partial charge in [0.15, 0.2) is 5.69 Å². The van der Waals surface area contributed by atoms with Crippen LogP contribution < -0.4 is 0 Å². The number of benzene rings is 1. The van der Waals surface area contributed by atoms with E-state index in [1.54, 1.807) is 0 Å². The van der Waals surface area contributed by atoms with Gasteiger partial charge in [-0.25, -0.2) is 9.78 Å². The molecule has 92 valence electrons. The van der Waals surface area contributed by atoms with Gasteiger partial charge in [-0.3, -0.25) is 0 Å². The lowest BCUT2D eigenvalue weighted by Gasteiger charge is -2.07. The van der Waals surface area contributed by atoms with Gasteiger partial charge < -0.3 is 4.74 Å². The molecule has 1 aromatic carbocycles. The summed E-state index contributed by atoms with van der Waals surface area (Å²) >= 11 is 0. The van der Waals surface area contributed by atoms with E-state index in [1.165, 1.54) is 0 Å². The van der Waals surface area contributed by atoms with Gasteiger partial charge in [0, 0.05) is 5.69 Å². The highest BCUT2D eigenvalue weighted by Gasteiger charge is 2.12. The van der Waals surface area contributed by atoms with Crippen molar-refractivity contribution in [3.8, 4) is 0 Å². The van der Waals surface area contributed by atoms with Gasteiger partial charge in [0.25, 0.3) is 0 Å². The maximum Gasteiger partial charge on any atom is 0.357 e. The number of hydrogen-bond acceptors (Lipinski definition) is 3. The van der Waals surface area contributed by atoms with Crippen molar-refractivity contribution >= 4 is 5.97 Å². The normalized spacial score (nSPS) is 10.1. The van der Waals surface area contributed by atoms with Crippen LogP contribution in [-0.4, -0.2) is 11.0 Å². The Morgan fingerprint density at radius 2 is 1.83 bits per heavy atom. The van der Waals surface area contributed by atoms with Gasteiger partial charge in [0.1, 0.15) is 6.61 Å². The summed E-state index contributed by atoms with van der Waals surface area (Å²) in [4.78, 5) is 16.1. The Labute approximate surface area is 106 Å². The SMILES string of the molecule is Cc1ccc(C)c(C(=O)OCc2ccccc2)n1. The fourth-order valence-corrected chi connectivity index (χ4v) is 1.62. The standard InChI is InChI=1S/C15H15NO2/c1-11-8-9-12(2)16-14(11)15(17)18-10-13-6-4-3-5-7-13/h3-9H,10H2,1-2H3. The van der Waals surface area contributed by atoms with Crippen molar-refractivity contribution in [1.29, 1.82) is 0 Å². The Kier molecular flexibility index (Phi) is 3.72. The van der Waals surface area contributed by atoms with Gasteiger partial charge >= 0.3 is 5.97 Å². The molecule has 2 rings (SSSR count). The van der Waals surface area contributed by atoms with Crippen molar-refractivity contribution < 1.29 is 9.53 Å². The number of rotatable bonds is 3. The zero-order chi connectivity index (χ0) is 13.0. The largest absolute Gasteiger partial charge is 0.456 e. The monoisotopic (exact) mass is 241 g/mol. The Morgan fingerprint density at radius 3 is 2.56 bits per heavy atom. The number of nitrogens with zero attached hydrogens (tertiary/aromatic N) is 1. The molecule has 0 aliphatic heterocycles. The molecule has 0 saturated heterocycles. The van der Waals surface area contributed by atoms with Crippen molar-refractivity contribution in [2.45, 2.75) is 20.5 Å². The molecule has 0 saturated carbocycles. The average molecular weight is 241 g/mol. The van der Waals surface area contributed by atoms with Crippen molar-refractivity contribution in [2.24, 2.45) is 0 Å². The van der Waals surface area contributed by atoms with Crippen LogP contribution >= 0.6 is 0 Å². The van der Waals surface area contributed by atoms with E-state index in [-0.39, 0.29) is 12.6 Å². The fraction of sp³-hybridized carbons (Fsp3) is 0.200. The smallest absolute Gasteiger partial charge is 0.357 e. The lowest BCUT2D eigenvalue weighted by atomic mass is 10.2. The highest BCUT2D eigenvalue weighted by atomic mass is 16.5. The van der Waals surface area contributed by atoms with E-state index in [1.807, 2.05) is 56.3 Å². The molecule has 3 heteroatoms. The van der Waals surface area contributed by atoms with Gasteiger partial charge in [-0.2, -0.15) is 0 Å². The Morgan fingerprint density at radius 1 is 1.11 bits per heavy atom. The van der Waals surface area contributed by atoms with Crippen LogP contribution in [-0.2, 0) is 11.3 Å². The van der Waals surface area contributed by atoms with Gasteiger partial charge in [-0.1, -0.05) is 36.4 Å². The minimum absolute atomic E-state index is 0.273. The molecule has 3 nitrogen and oxygen atoms in total. The van der Waals surface area contributed by atoms with E-state index >= 15 is 0 Å². The van der Waals surface area contributed by atoms with E-state index in [4.69, 9.17) is 4.74 Å². The summed E-state index contributed by atoms with van der Waals surface area (Å²) < 4.78 is 5.25. The van der Waals surface area contributed by atoms with Crippen LogP contribution in [0.2, 0.25) is 0 Å². The summed E-state index contributed by atoms with van der Waals surface area (Å²) in [5, 5.41) is 0. The van der Waals surface area contributed by atoms with Gasteiger partial charge in [-0.15, -0.1) is 0 Å². The fourth-order valence-electron chi connectivity index (χ4n) is 1.62. The number of hydrogen-bond donors (Lipinski definition) is 0. The molecule has 0 unspecified atom stereocenters. The van der Waals surface area contributed by atoms with Crippen molar-refractivity contribution in [1.82, 2.24) is 4.98 Å². The zero-order valence-electron chi connectivity index (χ0n) is 10.5. The second-order valence-electron chi connectivity index (χ2n) is 4.18. The lowest BCUT2D eigenvalue weighted by Crippen LogP contribution is -2.10. The van der Waals surface area contributed by atoms with Crippen LogP contribution in [0.15, 0.2) is 42.5 Å². The van der Waals surface area contributed by atoms with Crippen molar-refractivity contribution in [3.63, 3.8) is 0 Å². The van der Waals surface area contributed by atoms with E-state index in [0.717, 1.165) is 16.8 Å². The van der Waals surface area contributed by atoms with Gasteiger partial charge in [-0.05, 0) is 31.0 Å². The number of pyridine rings is 1. The van der Waals surface area contributed by atoms with Crippen LogP contribution in [0.4, 0.5) is 0 Å². The first-order chi connectivity index (χ1) is 8.66. The number of carbonyl (C=O) groups is 1. The number of esters is 1. The highest BCUT2D eigenvalue weighted by Crippen LogP contribution is 2.09. The third-order valence-electron chi connectivity index (χ3n) is 2.64. The molecule has 0 amide bonds. The van der Waals surface area contributed by atoms with Crippen LogP contribution in [0.5, 0.6) is 0 Å². The third-order valence-corrected chi connectivity index (χ3v) is 2.64. The topological polar surface area (TPSA) is 39.2 Å². The van der Waals surface area contributed by atoms with E-state index in [9.17, 15) is 4.79 Å². The first kappa shape index (κ1) is 12.3. The summed E-state index contributed by atoms with van der Waals surface area (Å²) in [5.41, 5.74) is 3.01. The molecule has 0 aliphatic carbocycles. The molecule has 0 bridgehead atoms. The Balaban J connectivity index is 2.06. The molecular weight excluding hydrogens is 226 g/mol. The Hall–Kier alpha value is -2.16. The molecule has 2 aromatic rings. The number of ether oxygens (including phenoxy) is 1. The average Bonchev–Trinajstić information content (AvgIpc) is 2.40. The highest BCUT2D eigenvalue weighted by molar-refractivity contribution is 5.88. The summed E-state index contributed by atoms with van der Waals surface area (Å²) in [6.45, 7) is 3.98. The molecular formula is C15H15NO2. The molecule has 0 radical (unpaired) electrons. The minimum Gasteiger partial charge on any atom is -0.456 e. The molecule has 1 aromatic heterocycles. The number of aryl methyl sites for hydroxylation is 2. The van der Waals surface area contributed by atoms with Crippen LogP contribution in [0.1, 0.15) is 27.3 Å². The summed E-state index contributed by atoms with van der Waals surface area (Å²) in [7, 11) is 0. The van der Waals surface area contributed by atoms with Crippen molar-refractivity contribution in [2.75, 3.05) is 0 Å². The number of aromatic nitrogens is 1. The predicted molar refractivity (Wildman–Crippen MR) is 69.3 cm³/mol. The minimum atomic E-state index is -0.375. The summed E-state index contributed by atoms with van der Waals surface area (Å²) in [6, 6.07) is 13.4. The molecule has 0 atom stereocenters. The quantitative estimate of drug-likeness (QED) is 0.775. The van der Waals surface area contributed by atoms with Crippen molar-refractivity contribution in [3.05, 3.63) is 65.0 Å². The third kappa shape index (κ3) is 2.94. The molecule has 18 heavy (non-hydrogen) atoms. The molecule has 0 spiro atoms. The predicted octanol–water partition coefficient (Wildman–Crippen LogP) is 3.06. The van der Waals surface area contributed by atoms with Crippen LogP contribution in [0.25, 0.3) is 0 Å². The molecule has 0 fully saturated rings. The molecule has 0 N–H and O–H groups in total. The second-order valence-corrected chi connectivity index (χ2v) is 4.18. The maximum atomic E-state index is 11.9. The van der Waals surface area contributed by atoms with E-state index in [0.29, 0.717) is 5.69 Å². The number of carbonyl (C=O) groups excluding carboxylic acids is 1. The summed E-state index contributed by atoms with van der Waals surface area (Å²) in [5.74, 6) is -0.375.